The summed E-state index contributed by atoms with van der Waals surface area (Å²) in [6, 6.07) is 7.97. The van der Waals surface area contributed by atoms with Gasteiger partial charge in [-0.25, -0.2) is 0 Å². The lowest BCUT2D eigenvalue weighted by molar-refractivity contribution is 0.471. The first-order valence-electron chi connectivity index (χ1n) is 5.08. The topological polar surface area (TPSA) is 20.2 Å². The Morgan fingerprint density at radius 2 is 2.07 bits per heavy atom. The molecule has 78 valence electrons. The van der Waals surface area contributed by atoms with Gasteiger partial charge in [0.05, 0.1) is 0 Å². The monoisotopic (exact) mass is 218 g/mol. The Kier molecular flexibility index (Phi) is 2.78. The van der Waals surface area contributed by atoms with E-state index in [-0.39, 0.29) is 0 Å². The lowest BCUT2D eigenvalue weighted by atomic mass is 10.1. The summed E-state index contributed by atoms with van der Waals surface area (Å²) < 4.78 is 0. The van der Waals surface area contributed by atoms with E-state index in [4.69, 9.17) is 0 Å². The first kappa shape index (κ1) is 10.2. The van der Waals surface area contributed by atoms with Crippen LogP contribution in [0.1, 0.15) is 18.1 Å². The molecule has 0 saturated heterocycles. The van der Waals surface area contributed by atoms with Crippen molar-refractivity contribution in [2.75, 3.05) is 0 Å². The van der Waals surface area contributed by atoms with Crippen LogP contribution in [0.15, 0.2) is 29.6 Å². The van der Waals surface area contributed by atoms with Crippen LogP contribution < -0.4 is 0 Å². The molecule has 15 heavy (non-hydrogen) atoms. The molecule has 0 saturated carbocycles. The molecule has 0 aliphatic carbocycles. The van der Waals surface area contributed by atoms with Gasteiger partial charge in [-0.1, -0.05) is 6.92 Å². The smallest absolute Gasteiger partial charge is 0.118 e. The average Bonchev–Trinajstić information content (AvgIpc) is 2.70. The van der Waals surface area contributed by atoms with Crippen LogP contribution >= 0.6 is 11.3 Å². The van der Waals surface area contributed by atoms with Crippen molar-refractivity contribution in [3.05, 3.63) is 40.8 Å². The summed E-state index contributed by atoms with van der Waals surface area (Å²) in [7, 11) is 0. The van der Waals surface area contributed by atoms with E-state index >= 15 is 0 Å². The van der Waals surface area contributed by atoms with Gasteiger partial charge in [0.1, 0.15) is 5.75 Å². The van der Waals surface area contributed by atoms with E-state index in [2.05, 4.69) is 18.4 Å². The molecular formula is C13H14OS. The largest absolute Gasteiger partial charge is 0.508 e. The molecule has 0 spiro atoms. The second-order valence-corrected chi connectivity index (χ2v) is 4.59. The van der Waals surface area contributed by atoms with Gasteiger partial charge >= 0.3 is 0 Å². The van der Waals surface area contributed by atoms with Crippen molar-refractivity contribution in [2.45, 2.75) is 20.3 Å². The van der Waals surface area contributed by atoms with Gasteiger partial charge in [-0.05, 0) is 59.7 Å². The Bertz CT molecular complexity index is 471. The lowest BCUT2D eigenvalue weighted by Crippen LogP contribution is -1.77. The van der Waals surface area contributed by atoms with Crippen LogP contribution in [0.2, 0.25) is 0 Å². The van der Waals surface area contributed by atoms with Crippen LogP contribution in [0, 0.1) is 6.92 Å². The number of phenolic OH excluding ortho intramolecular Hbond substituents is 1. The van der Waals surface area contributed by atoms with Gasteiger partial charge in [-0.15, -0.1) is 11.3 Å². The average molecular weight is 218 g/mol. The second-order valence-electron chi connectivity index (χ2n) is 3.67. The number of phenols is 1. The first-order valence-corrected chi connectivity index (χ1v) is 5.96. The molecule has 0 radical (unpaired) electrons. The fraction of sp³-hybridized carbons (Fsp3) is 0.231. The molecule has 0 fully saturated rings. The lowest BCUT2D eigenvalue weighted by Gasteiger charge is -2.01. The van der Waals surface area contributed by atoms with Crippen molar-refractivity contribution in [2.24, 2.45) is 0 Å². The highest BCUT2D eigenvalue weighted by atomic mass is 32.1. The van der Waals surface area contributed by atoms with Crippen LogP contribution in [-0.2, 0) is 6.42 Å². The normalized spacial score (nSPS) is 10.5. The number of aromatic hydroxyl groups is 1. The minimum Gasteiger partial charge on any atom is -0.508 e. The number of aryl methyl sites for hydroxylation is 2. The highest BCUT2D eigenvalue weighted by molar-refractivity contribution is 7.13. The predicted molar refractivity (Wildman–Crippen MR) is 65.5 cm³/mol. The number of hydrogen-bond acceptors (Lipinski definition) is 2. The van der Waals surface area contributed by atoms with Gasteiger partial charge in [0.15, 0.2) is 0 Å². The molecule has 1 heterocycles. The molecule has 0 aliphatic heterocycles. The van der Waals surface area contributed by atoms with Crippen molar-refractivity contribution in [3.8, 4) is 16.2 Å². The van der Waals surface area contributed by atoms with E-state index in [0.29, 0.717) is 5.75 Å². The van der Waals surface area contributed by atoms with Crippen molar-refractivity contribution in [3.63, 3.8) is 0 Å². The van der Waals surface area contributed by atoms with E-state index in [9.17, 15) is 5.11 Å². The molecule has 1 aromatic heterocycles. The summed E-state index contributed by atoms with van der Waals surface area (Å²) in [4.78, 5) is 1.27. The maximum atomic E-state index is 9.45. The summed E-state index contributed by atoms with van der Waals surface area (Å²) in [5.41, 5.74) is 3.50. The molecule has 0 atom stereocenters. The number of thiophene rings is 1. The zero-order valence-electron chi connectivity index (χ0n) is 8.95. The zero-order chi connectivity index (χ0) is 10.8. The highest BCUT2D eigenvalue weighted by Gasteiger charge is 2.03. The third kappa shape index (κ3) is 2.05. The maximum absolute atomic E-state index is 9.45. The Morgan fingerprint density at radius 1 is 1.27 bits per heavy atom. The van der Waals surface area contributed by atoms with Gasteiger partial charge in [-0.3, -0.25) is 0 Å². The van der Waals surface area contributed by atoms with E-state index in [0.717, 1.165) is 12.0 Å². The van der Waals surface area contributed by atoms with Gasteiger partial charge in [-0.2, -0.15) is 0 Å². The predicted octanol–water partition coefficient (Wildman–Crippen LogP) is 3.99. The van der Waals surface area contributed by atoms with Crippen LogP contribution in [0.5, 0.6) is 5.75 Å². The number of benzene rings is 1. The molecule has 1 aromatic carbocycles. The molecule has 2 aromatic rings. The Morgan fingerprint density at radius 3 is 2.67 bits per heavy atom. The molecule has 2 rings (SSSR count). The number of rotatable bonds is 2. The molecular weight excluding hydrogens is 204 g/mol. The summed E-state index contributed by atoms with van der Waals surface area (Å²) >= 11 is 1.76. The van der Waals surface area contributed by atoms with E-state index in [1.165, 1.54) is 16.0 Å². The van der Waals surface area contributed by atoms with Crippen LogP contribution in [0.25, 0.3) is 10.4 Å². The van der Waals surface area contributed by atoms with Crippen molar-refractivity contribution < 1.29 is 5.11 Å². The van der Waals surface area contributed by atoms with Gasteiger partial charge in [0.2, 0.25) is 0 Å². The molecule has 0 aliphatic rings. The molecule has 1 N–H and O–H groups in total. The maximum Gasteiger partial charge on any atom is 0.118 e. The van der Waals surface area contributed by atoms with Crippen LogP contribution in [0.4, 0.5) is 0 Å². The third-order valence-corrected chi connectivity index (χ3v) is 3.57. The van der Waals surface area contributed by atoms with Gasteiger partial charge in [0, 0.05) is 4.88 Å². The summed E-state index contributed by atoms with van der Waals surface area (Å²) in [6.07, 6.45) is 1.08. The summed E-state index contributed by atoms with van der Waals surface area (Å²) in [5, 5.41) is 11.6. The van der Waals surface area contributed by atoms with E-state index in [1.54, 1.807) is 17.4 Å². The number of hydrogen-bond donors (Lipinski definition) is 1. The quantitative estimate of drug-likeness (QED) is 0.808. The van der Waals surface area contributed by atoms with Crippen molar-refractivity contribution in [1.29, 1.82) is 0 Å². The Hall–Kier alpha value is -1.28. The van der Waals surface area contributed by atoms with Crippen LogP contribution in [-0.4, -0.2) is 5.11 Å². The minimum absolute atomic E-state index is 0.367. The fourth-order valence-corrected chi connectivity index (χ4v) is 2.52. The molecule has 2 heteroatoms. The standard InChI is InChI=1S/C13H14OS/c1-3-10-7-13(15-8-10)11-4-5-12(14)9(2)6-11/h4-8,14H,3H2,1-2H3. The van der Waals surface area contributed by atoms with Gasteiger partial charge < -0.3 is 5.11 Å². The second kappa shape index (κ2) is 4.07. The molecule has 0 bridgehead atoms. The molecule has 0 amide bonds. The molecule has 1 nitrogen and oxygen atoms in total. The summed E-state index contributed by atoms with van der Waals surface area (Å²) in [5.74, 6) is 0.367. The fourth-order valence-electron chi connectivity index (χ4n) is 1.52. The molecule has 0 unspecified atom stereocenters. The van der Waals surface area contributed by atoms with Crippen molar-refractivity contribution >= 4 is 11.3 Å². The van der Waals surface area contributed by atoms with Gasteiger partial charge in [0.25, 0.3) is 0 Å². The Labute approximate surface area is 94.0 Å². The summed E-state index contributed by atoms with van der Waals surface area (Å²) in [6.45, 7) is 4.08. The van der Waals surface area contributed by atoms with Crippen molar-refractivity contribution in [1.82, 2.24) is 0 Å². The Balaban J connectivity index is 2.40. The minimum atomic E-state index is 0.367. The zero-order valence-corrected chi connectivity index (χ0v) is 9.77. The van der Waals surface area contributed by atoms with E-state index in [1.807, 2.05) is 19.1 Å². The highest BCUT2D eigenvalue weighted by Crippen LogP contribution is 2.30. The third-order valence-electron chi connectivity index (χ3n) is 2.54. The van der Waals surface area contributed by atoms with Crippen LogP contribution in [0.3, 0.4) is 0 Å². The first-order chi connectivity index (χ1) is 7.20. The SMILES string of the molecule is CCc1csc(-c2ccc(O)c(C)c2)c1. The van der Waals surface area contributed by atoms with E-state index < -0.39 is 0 Å².